The maximum atomic E-state index is 11.5. The van der Waals surface area contributed by atoms with Crippen molar-refractivity contribution in [2.75, 3.05) is 20.2 Å². The number of hydrogen-bond donors (Lipinski definition) is 2. The van der Waals surface area contributed by atoms with Crippen molar-refractivity contribution in [3.05, 3.63) is 0 Å². The van der Waals surface area contributed by atoms with Gasteiger partial charge in [0.05, 0.1) is 11.5 Å². The number of hydrogen-bond acceptors (Lipinski definition) is 3. The molecular weight excluding hydrogens is 192 g/mol. The molecule has 1 aliphatic rings. The van der Waals surface area contributed by atoms with E-state index < -0.39 is 0 Å². The van der Waals surface area contributed by atoms with E-state index in [9.17, 15) is 4.79 Å². The average molecular weight is 214 g/mol. The van der Waals surface area contributed by atoms with Crippen molar-refractivity contribution in [3.63, 3.8) is 0 Å². The van der Waals surface area contributed by atoms with E-state index in [0.717, 1.165) is 13.0 Å². The summed E-state index contributed by atoms with van der Waals surface area (Å²) in [6.07, 6.45) is 1.29. The standard InChI is InChI=1S/C11H22N2O2/c1-8-9(5-6-15-8)13-7-11(2,3)10(14)12-4/h8-9,13H,5-7H2,1-4H3,(H,12,14)/t8-,9-/m0/s1. The zero-order valence-corrected chi connectivity index (χ0v) is 10.1. The molecule has 0 spiro atoms. The summed E-state index contributed by atoms with van der Waals surface area (Å²) in [5.74, 6) is 0.0709. The Kier molecular flexibility index (Phi) is 4.11. The summed E-state index contributed by atoms with van der Waals surface area (Å²) in [6.45, 7) is 7.46. The van der Waals surface area contributed by atoms with E-state index in [1.165, 1.54) is 0 Å². The topological polar surface area (TPSA) is 50.4 Å². The molecule has 0 bridgehead atoms. The van der Waals surface area contributed by atoms with Gasteiger partial charge < -0.3 is 15.4 Å². The Bertz CT molecular complexity index is 229. The second-order valence-corrected chi connectivity index (χ2v) is 4.81. The Morgan fingerprint density at radius 2 is 2.20 bits per heavy atom. The SMILES string of the molecule is CNC(=O)C(C)(C)CN[C@H]1CCO[C@H]1C. The van der Waals surface area contributed by atoms with Crippen LogP contribution in [0.4, 0.5) is 0 Å². The quantitative estimate of drug-likeness (QED) is 0.717. The van der Waals surface area contributed by atoms with Crippen molar-refractivity contribution in [1.29, 1.82) is 0 Å². The predicted octanol–water partition coefficient (Wildman–Crippen LogP) is 0.526. The van der Waals surface area contributed by atoms with Crippen molar-refractivity contribution in [3.8, 4) is 0 Å². The van der Waals surface area contributed by atoms with Crippen LogP contribution >= 0.6 is 0 Å². The maximum Gasteiger partial charge on any atom is 0.226 e. The fraction of sp³-hybridized carbons (Fsp3) is 0.909. The molecule has 15 heavy (non-hydrogen) atoms. The summed E-state index contributed by atoms with van der Waals surface area (Å²) in [5.41, 5.74) is -0.364. The molecule has 0 unspecified atom stereocenters. The van der Waals surface area contributed by atoms with Crippen molar-refractivity contribution in [2.24, 2.45) is 5.41 Å². The first-order chi connectivity index (χ1) is 6.97. The molecule has 4 heteroatoms. The number of rotatable bonds is 4. The highest BCUT2D eigenvalue weighted by Crippen LogP contribution is 2.17. The first-order valence-corrected chi connectivity index (χ1v) is 5.54. The van der Waals surface area contributed by atoms with Crippen LogP contribution in [0.15, 0.2) is 0 Å². The van der Waals surface area contributed by atoms with E-state index >= 15 is 0 Å². The third-order valence-corrected chi connectivity index (χ3v) is 3.02. The minimum atomic E-state index is -0.364. The summed E-state index contributed by atoms with van der Waals surface area (Å²) >= 11 is 0. The van der Waals surface area contributed by atoms with Crippen LogP contribution in [0.25, 0.3) is 0 Å². The lowest BCUT2D eigenvalue weighted by atomic mass is 9.91. The molecular formula is C11H22N2O2. The summed E-state index contributed by atoms with van der Waals surface area (Å²) in [6, 6.07) is 0.383. The smallest absolute Gasteiger partial charge is 0.226 e. The van der Waals surface area contributed by atoms with Crippen LogP contribution in [0.2, 0.25) is 0 Å². The fourth-order valence-corrected chi connectivity index (χ4v) is 1.80. The number of nitrogens with one attached hydrogen (secondary N) is 2. The van der Waals surface area contributed by atoms with E-state index in [0.29, 0.717) is 12.6 Å². The molecule has 1 heterocycles. The molecule has 1 saturated heterocycles. The van der Waals surface area contributed by atoms with Crippen LogP contribution in [0.5, 0.6) is 0 Å². The molecule has 1 fully saturated rings. The van der Waals surface area contributed by atoms with Gasteiger partial charge in [0.2, 0.25) is 5.91 Å². The van der Waals surface area contributed by atoms with Gasteiger partial charge in [0.15, 0.2) is 0 Å². The van der Waals surface area contributed by atoms with Gasteiger partial charge in [0.25, 0.3) is 0 Å². The van der Waals surface area contributed by atoms with E-state index in [1.54, 1.807) is 7.05 Å². The van der Waals surface area contributed by atoms with Gasteiger partial charge in [0.1, 0.15) is 0 Å². The van der Waals surface area contributed by atoms with Crippen LogP contribution in [0, 0.1) is 5.41 Å². The number of amides is 1. The highest BCUT2D eigenvalue weighted by molar-refractivity contribution is 5.81. The minimum absolute atomic E-state index is 0.0709. The Balaban J connectivity index is 2.38. The highest BCUT2D eigenvalue weighted by atomic mass is 16.5. The van der Waals surface area contributed by atoms with Crippen molar-refractivity contribution < 1.29 is 9.53 Å². The van der Waals surface area contributed by atoms with Crippen LogP contribution in [-0.4, -0.2) is 38.3 Å². The molecule has 2 N–H and O–H groups in total. The zero-order chi connectivity index (χ0) is 11.5. The van der Waals surface area contributed by atoms with E-state index in [4.69, 9.17) is 4.74 Å². The minimum Gasteiger partial charge on any atom is -0.377 e. The molecule has 4 nitrogen and oxygen atoms in total. The summed E-state index contributed by atoms with van der Waals surface area (Å²) in [5, 5.41) is 6.08. The third-order valence-electron chi connectivity index (χ3n) is 3.02. The van der Waals surface area contributed by atoms with Gasteiger partial charge in [-0.25, -0.2) is 0 Å². The lowest BCUT2D eigenvalue weighted by Crippen LogP contribution is -2.46. The molecule has 0 radical (unpaired) electrons. The Hall–Kier alpha value is -0.610. The molecule has 0 aliphatic carbocycles. The molecule has 1 aliphatic heterocycles. The lowest BCUT2D eigenvalue weighted by Gasteiger charge is -2.26. The van der Waals surface area contributed by atoms with Gasteiger partial charge in [-0.05, 0) is 27.2 Å². The van der Waals surface area contributed by atoms with Crippen molar-refractivity contribution >= 4 is 5.91 Å². The van der Waals surface area contributed by atoms with Crippen molar-refractivity contribution in [1.82, 2.24) is 10.6 Å². The van der Waals surface area contributed by atoms with E-state index in [-0.39, 0.29) is 17.4 Å². The molecule has 0 aromatic heterocycles. The van der Waals surface area contributed by atoms with Gasteiger partial charge in [-0.15, -0.1) is 0 Å². The third kappa shape index (κ3) is 3.18. The highest BCUT2D eigenvalue weighted by Gasteiger charge is 2.30. The Labute approximate surface area is 91.8 Å². The molecule has 1 amide bonds. The summed E-state index contributed by atoms with van der Waals surface area (Å²) in [4.78, 5) is 11.5. The average Bonchev–Trinajstić information content (AvgIpc) is 2.60. The van der Waals surface area contributed by atoms with Gasteiger partial charge in [-0.3, -0.25) is 4.79 Å². The molecule has 88 valence electrons. The van der Waals surface area contributed by atoms with E-state index in [2.05, 4.69) is 17.6 Å². The van der Waals surface area contributed by atoms with Gasteiger partial charge in [-0.2, -0.15) is 0 Å². The van der Waals surface area contributed by atoms with E-state index in [1.807, 2.05) is 13.8 Å². The van der Waals surface area contributed by atoms with Crippen LogP contribution in [0.1, 0.15) is 27.2 Å². The van der Waals surface area contributed by atoms with Crippen LogP contribution in [0.3, 0.4) is 0 Å². The van der Waals surface area contributed by atoms with Gasteiger partial charge in [0, 0.05) is 26.2 Å². The first-order valence-electron chi connectivity index (χ1n) is 5.54. The second kappa shape index (κ2) is 4.94. The Morgan fingerprint density at radius 1 is 1.53 bits per heavy atom. The number of ether oxygens (including phenoxy) is 1. The summed E-state index contributed by atoms with van der Waals surface area (Å²) in [7, 11) is 1.67. The first kappa shape index (κ1) is 12.5. The lowest BCUT2D eigenvalue weighted by molar-refractivity contribution is -0.128. The van der Waals surface area contributed by atoms with Crippen LogP contribution in [-0.2, 0) is 9.53 Å². The normalized spacial score (nSPS) is 26.7. The van der Waals surface area contributed by atoms with Crippen LogP contribution < -0.4 is 10.6 Å². The molecule has 1 rings (SSSR count). The Morgan fingerprint density at radius 3 is 2.67 bits per heavy atom. The largest absolute Gasteiger partial charge is 0.377 e. The second-order valence-electron chi connectivity index (χ2n) is 4.81. The molecule has 0 aromatic carbocycles. The molecule has 0 aromatic rings. The maximum absolute atomic E-state index is 11.5. The molecule has 2 atom stereocenters. The molecule has 0 saturated carbocycles. The van der Waals surface area contributed by atoms with Gasteiger partial charge >= 0.3 is 0 Å². The number of carbonyl (C=O) groups is 1. The zero-order valence-electron chi connectivity index (χ0n) is 10.1. The predicted molar refractivity (Wildman–Crippen MR) is 59.7 cm³/mol. The van der Waals surface area contributed by atoms with Gasteiger partial charge in [-0.1, -0.05) is 0 Å². The van der Waals surface area contributed by atoms with Crippen molar-refractivity contribution in [2.45, 2.75) is 39.3 Å². The summed E-state index contributed by atoms with van der Waals surface area (Å²) < 4.78 is 5.45. The monoisotopic (exact) mass is 214 g/mol. The number of carbonyl (C=O) groups excluding carboxylic acids is 1. The fourth-order valence-electron chi connectivity index (χ4n) is 1.80.